The number of benzene rings is 2. The van der Waals surface area contributed by atoms with Crippen LogP contribution in [0.4, 0.5) is 13.2 Å². The average Bonchev–Trinajstić information content (AvgIpc) is 2.66. The van der Waals surface area contributed by atoms with E-state index < -0.39 is 17.6 Å². The largest absolute Gasteiger partial charge is 0.493 e. The average molecular weight is 382 g/mol. The monoisotopic (exact) mass is 382 g/mol. The van der Waals surface area contributed by atoms with Crippen LogP contribution in [0.25, 0.3) is 0 Å². The molecule has 2 aromatic carbocycles. The minimum absolute atomic E-state index is 0.130. The molecule has 0 spiro atoms. The Hall–Kier alpha value is -3.23. The lowest BCUT2D eigenvalue weighted by molar-refractivity contribution is -0.137. The standard InChI is InChI=1S/C18H17F3N2O4/c1-25-14-8-12(9-15(26-2)16(14)27-3)17(24)23-22-10-11-6-4-5-7-13(11)18(19,20)21/h4-10H,1-3H3,(H,23,24). The molecule has 144 valence electrons. The van der Waals surface area contributed by atoms with E-state index in [-0.39, 0.29) is 22.6 Å². The van der Waals surface area contributed by atoms with Crippen LogP contribution in [0.5, 0.6) is 17.2 Å². The minimum atomic E-state index is -4.52. The number of carbonyl (C=O) groups excluding carboxylic acids is 1. The molecule has 9 heteroatoms. The van der Waals surface area contributed by atoms with Crippen molar-refractivity contribution in [3.8, 4) is 17.2 Å². The Bertz CT molecular complexity index is 826. The molecule has 0 heterocycles. The van der Waals surface area contributed by atoms with Gasteiger partial charge < -0.3 is 14.2 Å². The topological polar surface area (TPSA) is 69.2 Å². The first-order valence-corrected chi connectivity index (χ1v) is 7.61. The van der Waals surface area contributed by atoms with Crippen LogP contribution < -0.4 is 19.6 Å². The lowest BCUT2D eigenvalue weighted by atomic mass is 10.1. The highest BCUT2D eigenvalue weighted by Gasteiger charge is 2.32. The number of nitrogens with one attached hydrogen (secondary N) is 1. The molecular formula is C18H17F3N2O4. The van der Waals surface area contributed by atoms with Gasteiger partial charge in [0.15, 0.2) is 11.5 Å². The van der Waals surface area contributed by atoms with Crippen LogP contribution in [-0.2, 0) is 6.18 Å². The molecule has 0 aliphatic carbocycles. The van der Waals surface area contributed by atoms with Crippen LogP contribution in [0.15, 0.2) is 41.5 Å². The zero-order chi connectivity index (χ0) is 20.0. The highest BCUT2D eigenvalue weighted by Crippen LogP contribution is 2.38. The van der Waals surface area contributed by atoms with E-state index >= 15 is 0 Å². The van der Waals surface area contributed by atoms with E-state index in [9.17, 15) is 18.0 Å². The molecule has 27 heavy (non-hydrogen) atoms. The van der Waals surface area contributed by atoms with Crippen LogP contribution >= 0.6 is 0 Å². The normalized spacial score (nSPS) is 11.3. The third kappa shape index (κ3) is 4.69. The Balaban J connectivity index is 2.23. The van der Waals surface area contributed by atoms with Crippen molar-refractivity contribution in [3.63, 3.8) is 0 Å². The SMILES string of the molecule is COc1cc(C(=O)NN=Cc2ccccc2C(F)(F)F)cc(OC)c1OC. The van der Waals surface area contributed by atoms with Crippen molar-refractivity contribution in [2.24, 2.45) is 5.10 Å². The van der Waals surface area contributed by atoms with Crippen LogP contribution in [0.1, 0.15) is 21.5 Å². The molecule has 1 N–H and O–H groups in total. The summed E-state index contributed by atoms with van der Waals surface area (Å²) in [4.78, 5) is 12.3. The Morgan fingerprint density at radius 1 is 1.04 bits per heavy atom. The lowest BCUT2D eigenvalue weighted by Crippen LogP contribution is -2.18. The maximum Gasteiger partial charge on any atom is 0.417 e. The second kappa shape index (κ2) is 8.43. The van der Waals surface area contributed by atoms with Gasteiger partial charge in [0.1, 0.15) is 0 Å². The van der Waals surface area contributed by atoms with Crippen molar-refractivity contribution in [1.82, 2.24) is 5.43 Å². The van der Waals surface area contributed by atoms with E-state index in [1.54, 1.807) is 0 Å². The Morgan fingerprint density at radius 2 is 1.63 bits per heavy atom. The van der Waals surface area contributed by atoms with Crippen molar-refractivity contribution >= 4 is 12.1 Å². The van der Waals surface area contributed by atoms with Gasteiger partial charge in [-0.1, -0.05) is 18.2 Å². The molecule has 0 radical (unpaired) electrons. The van der Waals surface area contributed by atoms with E-state index in [2.05, 4.69) is 10.5 Å². The number of amides is 1. The van der Waals surface area contributed by atoms with Gasteiger partial charge in [0.05, 0.1) is 33.1 Å². The summed E-state index contributed by atoms with van der Waals surface area (Å²) in [6.45, 7) is 0. The fourth-order valence-electron chi connectivity index (χ4n) is 2.30. The number of carbonyl (C=O) groups is 1. The van der Waals surface area contributed by atoms with E-state index in [0.717, 1.165) is 12.3 Å². The first kappa shape index (κ1) is 20.1. The quantitative estimate of drug-likeness (QED) is 0.613. The molecular weight excluding hydrogens is 365 g/mol. The number of methoxy groups -OCH3 is 3. The fourth-order valence-corrected chi connectivity index (χ4v) is 2.30. The van der Waals surface area contributed by atoms with Crippen molar-refractivity contribution in [3.05, 3.63) is 53.1 Å². The van der Waals surface area contributed by atoms with E-state index in [1.165, 1.54) is 51.7 Å². The van der Waals surface area contributed by atoms with Gasteiger partial charge >= 0.3 is 6.18 Å². The second-order valence-corrected chi connectivity index (χ2v) is 5.20. The van der Waals surface area contributed by atoms with Crippen molar-refractivity contribution in [2.45, 2.75) is 6.18 Å². The summed E-state index contributed by atoms with van der Waals surface area (Å²) < 4.78 is 54.3. The molecule has 0 saturated carbocycles. The molecule has 6 nitrogen and oxygen atoms in total. The molecule has 2 rings (SSSR count). The Morgan fingerprint density at radius 3 is 2.15 bits per heavy atom. The van der Waals surface area contributed by atoms with Gasteiger partial charge in [0.25, 0.3) is 5.91 Å². The smallest absolute Gasteiger partial charge is 0.417 e. The van der Waals surface area contributed by atoms with Gasteiger partial charge in [-0.15, -0.1) is 0 Å². The molecule has 2 aromatic rings. The zero-order valence-corrected chi connectivity index (χ0v) is 14.8. The third-order valence-corrected chi connectivity index (χ3v) is 3.56. The van der Waals surface area contributed by atoms with E-state index in [1.807, 2.05) is 0 Å². The van der Waals surface area contributed by atoms with Gasteiger partial charge in [0, 0.05) is 11.1 Å². The Kier molecular flexibility index (Phi) is 6.27. The molecule has 0 bridgehead atoms. The van der Waals surface area contributed by atoms with E-state index in [4.69, 9.17) is 14.2 Å². The number of hydrazone groups is 1. The predicted molar refractivity (Wildman–Crippen MR) is 92.6 cm³/mol. The van der Waals surface area contributed by atoms with Gasteiger partial charge in [-0.05, 0) is 18.2 Å². The molecule has 0 atom stereocenters. The molecule has 0 aliphatic heterocycles. The number of nitrogens with zero attached hydrogens (tertiary/aromatic N) is 1. The summed E-state index contributed by atoms with van der Waals surface area (Å²) in [5.41, 5.74) is 1.29. The number of alkyl halides is 3. The Labute approximate surface area is 153 Å². The first-order valence-electron chi connectivity index (χ1n) is 7.61. The van der Waals surface area contributed by atoms with Gasteiger partial charge in [0.2, 0.25) is 5.75 Å². The summed E-state index contributed by atoms with van der Waals surface area (Å²) in [6.07, 6.45) is -3.60. The number of ether oxygens (including phenoxy) is 3. The van der Waals surface area contributed by atoms with Crippen molar-refractivity contribution in [2.75, 3.05) is 21.3 Å². The van der Waals surface area contributed by atoms with Crippen LogP contribution in [-0.4, -0.2) is 33.5 Å². The fraction of sp³-hybridized carbons (Fsp3) is 0.222. The minimum Gasteiger partial charge on any atom is -0.493 e. The van der Waals surface area contributed by atoms with E-state index in [0.29, 0.717) is 5.75 Å². The maximum atomic E-state index is 12.9. The van der Waals surface area contributed by atoms with Crippen molar-refractivity contribution in [1.29, 1.82) is 0 Å². The molecule has 0 aromatic heterocycles. The molecule has 0 saturated heterocycles. The summed E-state index contributed by atoms with van der Waals surface area (Å²) in [6, 6.07) is 7.69. The molecule has 1 amide bonds. The third-order valence-electron chi connectivity index (χ3n) is 3.56. The summed E-state index contributed by atoms with van der Waals surface area (Å²) >= 11 is 0. The van der Waals surface area contributed by atoms with Gasteiger partial charge in [-0.2, -0.15) is 18.3 Å². The summed E-state index contributed by atoms with van der Waals surface area (Å²) in [7, 11) is 4.21. The zero-order valence-electron chi connectivity index (χ0n) is 14.8. The molecule has 0 unspecified atom stereocenters. The number of hydrogen-bond acceptors (Lipinski definition) is 5. The van der Waals surface area contributed by atoms with Crippen LogP contribution in [0.3, 0.4) is 0 Å². The first-order chi connectivity index (χ1) is 12.8. The number of rotatable bonds is 6. The lowest BCUT2D eigenvalue weighted by Gasteiger charge is -2.13. The van der Waals surface area contributed by atoms with Gasteiger partial charge in [-0.3, -0.25) is 4.79 Å². The summed E-state index contributed by atoms with van der Waals surface area (Å²) in [5, 5.41) is 3.61. The van der Waals surface area contributed by atoms with Crippen LogP contribution in [0, 0.1) is 0 Å². The second-order valence-electron chi connectivity index (χ2n) is 5.20. The number of halogens is 3. The molecule has 0 fully saturated rings. The van der Waals surface area contributed by atoms with Gasteiger partial charge in [-0.25, -0.2) is 5.43 Å². The van der Waals surface area contributed by atoms with Crippen molar-refractivity contribution < 1.29 is 32.2 Å². The summed E-state index contributed by atoms with van der Waals surface area (Å²) in [5.74, 6) is 0.163. The maximum absolute atomic E-state index is 12.9. The highest BCUT2D eigenvalue weighted by atomic mass is 19.4. The molecule has 0 aliphatic rings. The highest BCUT2D eigenvalue weighted by molar-refractivity contribution is 5.96. The van der Waals surface area contributed by atoms with Crippen LogP contribution in [0.2, 0.25) is 0 Å². The number of hydrogen-bond donors (Lipinski definition) is 1. The predicted octanol–water partition coefficient (Wildman–Crippen LogP) is 3.50.